The molecule has 0 unspecified atom stereocenters. The molecule has 0 saturated carbocycles. The van der Waals surface area contributed by atoms with E-state index in [1.54, 1.807) is 0 Å². The summed E-state index contributed by atoms with van der Waals surface area (Å²) in [6.07, 6.45) is 0. The van der Waals surface area contributed by atoms with Crippen LogP contribution in [0.1, 0.15) is 0 Å². The molecule has 0 aromatic heterocycles. The van der Waals surface area contributed by atoms with Crippen LogP contribution in [0.15, 0.2) is 0 Å². The van der Waals surface area contributed by atoms with Crippen molar-refractivity contribution in [2.24, 2.45) is 0 Å². The van der Waals surface area contributed by atoms with Crippen molar-refractivity contribution < 1.29 is 14.1 Å². The van der Waals surface area contributed by atoms with Gasteiger partial charge in [0.05, 0.1) is 8.41 Å². The van der Waals surface area contributed by atoms with E-state index in [0.29, 0.717) is 0 Å². The van der Waals surface area contributed by atoms with E-state index in [2.05, 4.69) is 0 Å². The fraction of sp³-hybridized carbons (Fsp3) is 0. The summed E-state index contributed by atoms with van der Waals surface area (Å²) in [6, 6.07) is 0. The van der Waals surface area contributed by atoms with Crippen LogP contribution in [-0.4, -0.2) is 93.4 Å². The third kappa shape index (κ3) is 81.7. The summed E-state index contributed by atoms with van der Waals surface area (Å²) >= 11 is 0. The monoisotopic (exact) mass is 262 g/mol. The molecule has 0 rings (SSSR count). The van der Waals surface area contributed by atoms with E-state index >= 15 is 0 Å². The normalized spacial score (nSPS) is 3.43. The molecule has 0 amide bonds. The third-order valence-corrected chi connectivity index (χ3v) is 0. The number of rotatable bonds is 0. The maximum absolute atomic E-state index is 8.74. The molecule has 0 aliphatic rings. The van der Waals surface area contributed by atoms with Gasteiger partial charge in [0.1, 0.15) is 0 Å². The van der Waals surface area contributed by atoms with E-state index in [9.17, 15) is 0 Å². The van der Waals surface area contributed by atoms with Crippen LogP contribution in [0.4, 0.5) is 0 Å². The third-order valence-electron chi connectivity index (χ3n) is 0. The topological polar surface area (TPSA) is 57.5 Å². The molecule has 0 atom stereocenters. The Kier molecular flexibility index (Phi) is 52.0. The fourth-order valence-corrected chi connectivity index (χ4v) is 0. The molecule has 0 aromatic rings. The number of hydrogen-bond acceptors (Lipinski definition) is 1. The van der Waals surface area contributed by atoms with Gasteiger partial charge in [-0.2, -0.15) is 0 Å². The molecule has 0 aliphatic carbocycles. The molecule has 7 heavy (non-hydrogen) atoms. The van der Waals surface area contributed by atoms with Crippen LogP contribution in [0, 0.1) is 0 Å². The Bertz CT molecular complexity index is 37.9. The van der Waals surface area contributed by atoms with E-state index in [0.717, 1.165) is 0 Å². The predicted octanol–water partition coefficient (Wildman–Crippen LogP) is -4.90. The van der Waals surface area contributed by atoms with E-state index < -0.39 is 9.17 Å². The summed E-state index contributed by atoms with van der Waals surface area (Å²) in [5.74, 6) is 0. The van der Waals surface area contributed by atoms with Crippen LogP contribution in [0.5, 0.6) is 0 Å². The van der Waals surface area contributed by atoms with Gasteiger partial charge in [-0.15, -0.1) is 0 Å². The Hall–Kier alpha value is 1.79. The Morgan fingerprint density at radius 3 is 1.29 bits per heavy atom. The minimum atomic E-state index is -3.13. The summed E-state index contributed by atoms with van der Waals surface area (Å²) in [7, 11) is -3.13. The molecule has 0 aromatic carbocycles. The summed E-state index contributed by atoms with van der Waals surface area (Å²) in [4.78, 5) is 14.3. The molecule has 40 valence electrons. The second-order valence-electron chi connectivity index (χ2n) is 0.283. The van der Waals surface area contributed by atoms with Gasteiger partial charge < -0.3 is 9.59 Å². The van der Waals surface area contributed by atoms with E-state index in [1.807, 2.05) is 0 Å². The van der Waals surface area contributed by atoms with Crippen molar-refractivity contribution in [1.29, 1.82) is 0 Å². The summed E-state index contributed by atoms with van der Waals surface area (Å²) in [6.45, 7) is 0. The zero-order valence-electron chi connectivity index (χ0n) is 1.80. The van der Waals surface area contributed by atoms with Crippen molar-refractivity contribution >= 4 is 83.8 Å². The predicted molar refractivity (Wildman–Crippen MR) is 39.3 cm³/mol. The van der Waals surface area contributed by atoms with E-state index in [1.165, 1.54) is 0 Å². The van der Waals surface area contributed by atoms with Gasteiger partial charge in [0.25, 0.3) is 0 Å². The van der Waals surface area contributed by atoms with Crippen LogP contribution < -0.4 is 0 Å². The molecule has 0 aliphatic heterocycles. The van der Waals surface area contributed by atoms with Crippen molar-refractivity contribution in [1.82, 2.24) is 0 Å². The zero-order chi connectivity index (χ0) is 3.58. The van der Waals surface area contributed by atoms with Gasteiger partial charge in [-0.1, -0.05) is 0 Å². The second kappa shape index (κ2) is 15.7. The average molecular weight is 261 g/mol. The van der Waals surface area contributed by atoms with Gasteiger partial charge in [0, 0.05) is 0 Å². The molecule has 3 nitrogen and oxygen atoms in total. The van der Waals surface area contributed by atoms with Crippen LogP contribution in [-0.2, 0) is 4.46 Å². The Morgan fingerprint density at radius 2 is 1.29 bits per heavy atom. The number of hydrogen-bond donors (Lipinski definition) is 2. The molecule has 0 bridgehead atoms. The molecule has 0 fully saturated rings. The van der Waals surface area contributed by atoms with Gasteiger partial charge in [-0.05, 0) is 0 Å². The van der Waals surface area contributed by atoms with Crippen molar-refractivity contribution in [3.8, 4) is 0 Å². The Balaban J connectivity index is -0.0000000150. The average Bonchev–Trinajstić information content (AvgIpc) is 0.811. The fourth-order valence-electron chi connectivity index (χ4n) is 0. The Morgan fingerprint density at radius 1 is 1.29 bits per heavy atom. The van der Waals surface area contributed by atoms with Gasteiger partial charge >= 0.3 is 58.1 Å². The van der Waals surface area contributed by atoms with Gasteiger partial charge in [-0.3, -0.25) is 4.46 Å². The van der Waals surface area contributed by atoms with Crippen LogP contribution in [0.25, 0.3) is 0 Å². The van der Waals surface area contributed by atoms with Crippen LogP contribution in [0.2, 0.25) is 0 Å². The van der Waals surface area contributed by atoms with Gasteiger partial charge in [0.15, 0.2) is 17.4 Å². The van der Waals surface area contributed by atoms with Gasteiger partial charge in [-0.25, -0.2) is 0 Å². The summed E-state index contributed by atoms with van der Waals surface area (Å²) < 4.78 is 8.74. The standard InChI is InChI=1S/Al.BH3.Ba.H2O3Si.5H/c;;;1-4(2)3;;;;;/h;1H3;;1-2H;;;;;. The summed E-state index contributed by atoms with van der Waals surface area (Å²) in [5, 5.41) is 0. The first kappa shape index (κ1) is 23.3. The quantitative estimate of drug-likeness (QED) is 0.430. The molecular weight excluding hydrogens is 251 g/mol. The van der Waals surface area contributed by atoms with Gasteiger partial charge in [0.2, 0.25) is 0 Å². The van der Waals surface area contributed by atoms with Crippen molar-refractivity contribution in [3.63, 3.8) is 0 Å². The molecule has 0 heterocycles. The van der Waals surface area contributed by atoms with Crippen molar-refractivity contribution in [2.45, 2.75) is 0 Å². The second-order valence-corrected chi connectivity index (χ2v) is 0.848. The van der Waals surface area contributed by atoms with Crippen molar-refractivity contribution in [2.75, 3.05) is 0 Å². The minimum absolute atomic E-state index is 0. The maximum atomic E-state index is 8.74. The summed E-state index contributed by atoms with van der Waals surface area (Å²) in [5.41, 5.74) is 0. The zero-order valence-corrected chi connectivity index (χ0v) is 2.80. The molecule has 2 N–H and O–H groups in total. The first-order valence-corrected chi connectivity index (χ1v) is 1.95. The first-order chi connectivity index (χ1) is 1.73. The molecule has 0 saturated heterocycles. The first-order valence-electron chi connectivity index (χ1n) is 0.651. The molecular formula is H10AlBBaO3Si. The van der Waals surface area contributed by atoms with E-state index in [-0.39, 0.29) is 74.7 Å². The molecule has 7 heteroatoms. The molecule has 0 spiro atoms. The SMILES string of the molecule is B.O=[Si](O)O.[AlH3].[BaH2]. The van der Waals surface area contributed by atoms with Crippen LogP contribution in [0.3, 0.4) is 0 Å². The van der Waals surface area contributed by atoms with Crippen LogP contribution >= 0.6 is 0 Å². The Labute approximate surface area is 96.2 Å². The van der Waals surface area contributed by atoms with E-state index in [4.69, 9.17) is 14.1 Å². The van der Waals surface area contributed by atoms with Crippen molar-refractivity contribution in [3.05, 3.63) is 0 Å². The molecule has 0 radical (unpaired) electrons.